The van der Waals surface area contributed by atoms with Crippen molar-refractivity contribution in [3.05, 3.63) is 42.4 Å². The van der Waals surface area contributed by atoms with Crippen LogP contribution in [0, 0.1) is 11.3 Å². The Morgan fingerprint density at radius 1 is 1.00 bits per heavy atom. The molecule has 2 aromatic rings. The fraction of sp³-hybridized carbons (Fsp3) is 0.545. The lowest BCUT2D eigenvalue weighted by molar-refractivity contribution is 0.410. The first-order valence-corrected chi connectivity index (χ1v) is 11.3. The highest BCUT2D eigenvalue weighted by Gasteiger charge is 2.19. The predicted octanol–water partition coefficient (Wildman–Crippen LogP) is 3.69. The van der Waals surface area contributed by atoms with E-state index in [4.69, 9.17) is 0 Å². The Balaban J connectivity index is 1.99. The van der Waals surface area contributed by atoms with Gasteiger partial charge in [-0.25, -0.2) is 9.79 Å². The van der Waals surface area contributed by atoms with Gasteiger partial charge in [0.05, 0.1) is 5.56 Å². The Hall–Kier alpha value is -2.66. The molecule has 0 bridgehead atoms. The Morgan fingerprint density at radius 3 is 2.23 bits per heavy atom. The summed E-state index contributed by atoms with van der Waals surface area (Å²) in [6, 6.07) is 2.31. The second kappa shape index (κ2) is 9.90. The largest absolute Gasteiger partial charge is 0.494 e. The molecular formula is C22H28N4O3S. The van der Waals surface area contributed by atoms with Crippen LogP contribution in [0.4, 0.5) is 5.00 Å². The first kappa shape index (κ1) is 22.0. The normalized spacial score (nSPS) is 15.9. The van der Waals surface area contributed by atoms with Crippen molar-refractivity contribution in [3.8, 4) is 11.9 Å². The van der Waals surface area contributed by atoms with E-state index in [1.165, 1.54) is 75.0 Å². The lowest BCUT2D eigenvalue weighted by Crippen LogP contribution is -2.38. The Bertz CT molecular complexity index is 1100. The summed E-state index contributed by atoms with van der Waals surface area (Å²) in [5, 5.41) is 20.6. The molecule has 30 heavy (non-hydrogen) atoms. The molecule has 0 unspecified atom stereocenters. The zero-order valence-electron chi connectivity index (χ0n) is 17.6. The van der Waals surface area contributed by atoms with Crippen LogP contribution in [-0.2, 0) is 26.9 Å². The number of aliphatic imine (C=N–C) groups is 1. The van der Waals surface area contributed by atoms with Crippen LogP contribution in [-0.4, -0.2) is 20.5 Å². The molecule has 1 aliphatic rings. The van der Waals surface area contributed by atoms with E-state index in [9.17, 15) is 20.0 Å². The van der Waals surface area contributed by atoms with Crippen molar-refractivity contribution in [2.24, 2.45) is 19.1 Å². The van der Waals surface area contributed by atoms with Crippen LogP contribution < -0.4 is 11.2 Å². The van der Waals surface area contributed by atoms with E-state index in [1.54, 1.807) is 0 Å². The summed E-state index contributed by atoms with van der Waals surface area (Å²) in [7, 11) is 2.75. The number of rotatable bonds is 2. The molecule has 0 saturated carbocycles. The van der Waals surface area contributed by atoms with E-state index in [2.05, 4.69) is 11.1 Å². The zero-order valence-corrected chi connectivity index (χ0v) is 18.4. The van der Waals surface area contributed by atoms with E-state index >= 15 is 0 Å². The van der Waals surface area contributed by atoms with Gasteiger partial charge < -0.3 is 5.11 Å². The van der Waals surface area contributed by atoms with E-state index < -0.39 is 17.1 Å². The number of hydrogen-bond acceptors (Lipinski definition) is 6. The van der Waals surface area contributed by atoms with Crippen molar-refractivity contribution in [1.82, 2.24) is 9.13 Å². The summed E-state index contributed by atoms with van der Waals surface area (Å²) >= 11 is 1.50. The summed E-state index contributed by atoms with van der Waals surface area (Å²) in [5.74, 6) is -0.430. The average Bonchev–Trinajstić information content (AvgIpc) is 3.07. The lowest BCUT2D eigenvalue weighted by atomic mass is 9.98. The van der Waals surface area contributed by atoms with Crippen LogP contribution >= 0.6 is 11.3 Å². The van der Waals surface area contributed by atoms with Crippen molar-refractivity contribution in [2.45, 2.75) is 64.2 Å². The first-order valence-electron chi connectivity index (χ1n) is 10.5. The second-order valence-electron chi connectivity index (χ2n) is 7.83. The molecule has 0 atom stereocenters. The van der Waals surface area contributed by atoms with Crippen molar-refractivity contribution >= 4 is 22.6 Å². The van der Waals surface area contributed by atoms with Crippen LogP contribution in [0.2, 0.25) is 0 Å². The topological polar surface area (TPSA) is 100 Å². The average molecular weight is 429 g/mol. The van der Waals surface area contributed by atoms with Gasteiger partial charge in [0.1, 0.15) is 16.6 Å². The zero-order chi connectivity index (χ0) is 21.7. The minimum Gasteiger partial charge on any atom is -0.494 e. The third-order valence-electron chi connectivity index (χ3n) is 5.74. The molecule has 1 aliphatic carbocycles. The molecule has 0 saturated heterocycles. The minimum absolute atomic E-state index is 0.0640. The summed E-state index contributed by atoms with van der Waals surface area (Å²) < 4.78 is 1.93. The lowest BCUT2D eigenvalue weighted by Gasteiger charge is -2.08. The molecule has 0 spiro atoms. The molecule has 2 aromatic heterocycles. The van der Waals surface area contributed by atoms with Crippen LogP contribution in [0.15, 0.2) is 14.6 Å². The number of nitriles is 1. The van der Waals surface area contributed by atoms with Gasteiger partial charge in [-0.15, -0.1) is 11.3 Å². The number of thiophene rings is 1. The number of aryl methyl sites for hydroxylation is 1. The van der Waals surface area contributed by atoms with E-state index in [0.717, 1.165) is 40.4 Å². The summed E-state index contributed by atoms with van der Waals surface area (Å²) in [4.78, 5) is 29.9. The minimum atomic E-state index is -0.617. The maximum Gasteiger partial charge on any atom is 0.333 e. The van der Waals surface area contributed by atoms with Gasteiger partial charge in [-0.3, -0.25) is 13.9 Å². The molecule has 2 heterocycles. The van der Waals surface area contributed by atoms with Crippen LogP contribution in [0.1, 0.15) is 72.9 Å². The van der Waals surface area contributed by atoms with E-state index in [0.29, 0.717) is 10.6 Å². The van der Waals surface area contributed by atoms with E-state index in [1.807, 2.05) is 0 Å². The van der Waals surface area contributed by atoms with Gasteiger partial charge in [-0.2, -0.15) is 5.26 Å². The van der Waals surface area contributed by atoms with Crippen molar-refractivity contribution in [3.63, 3.8) is 0 Å². The molecule has 1 N–H and O–H groups in total. The highest BCUT2D eigenvalue weighted by atomic mass is 32.1. The number of hydrogen-bond donors (Lipinski definition) is 1. The molecule has 0 aliphatic heterocycles. The molecule has 8 heteroatoms. The van der Waals surface area contributed by atoms with Gasteiger partial charge in [0.25, 0.3) is 5.56 Å². The summed E-state index contributed by atoms with van der Waals surface area (Å²) in [6.07, 6.45) is 12.7. The van der Waals surface area contributed by atoms with Gasteiger partial charge in [0.2, 0.25) is 5.88 Å². The molecule has 0 aromatic carbocycles. The summed E-state index contributed by atoms with van der Waals surface area (Å²) in [5.41, 5.74) is 0.377. The monoisotopic (exact) mass is 428 g/mol. The number of nitrogens with zero attached hydrogens (tertiary/aromatic N) is 4. The van der Waals surface area contributed by atoms with Crippen LogP contribution in [0.25, 0.3) is 0 Å². The van der Waals surface area contributed by atoms with Gasteiger partial charge >= 0.3 is 5.69 Å². The fourth-order valence-corrected chi connectivity index (χ4v) is 5.10. The number of aromatic nitrogens is 2. The van der Waals surface area contributed by atoms with Gasteiger partial charge in [0, 0.05) is 25.2 Å². The Labute approximate surface area is 179 Å². The van der Waals surface area contributed by atoms with Gasteiger partial charge in [-0.05, 0) is 31.2 Å². The smallest absolute Gasteiger partial charge is 0.333 e. The molecular weight excluding hydrogens is 400 g/mol. The SMILES string of the molecule is Cn1c(O)c(C=Nc2sc3c(c2C#N)CCCCCCCCCC3)c(=O)n(C)c1=O. The molecule has 160 valence electrons. The third-order valence-corrected chi connectivity index (χ3v) is 6.94. The maximum absolute atomic E-state index is 12.4. The number of aromatic hydroxyl groups is 1. The highest BCUT2D eigenvalue weighted by Crippen LogP contribution is 2.37. The van der Waals surface area contributed by atoms with Gasteiger partial charge in [0.15, 0.2) is 0 Å². The van der Waals surface area contributed by atoms with Crippen LogP contribution in [0.3, 0.4) is 0 Å². The Kier molecular flexibility index (Phi) is 7.27. The first-order chi connectivity index (χ1) is 14.5. The molecule has 0 amide bonds. The molecule has 3 rings (SSSR count). The van der Waals surface area contributed by atoms with Gasteiger partial charge in [-0.1, -0.05) is 38.5 Å². The fourth-order valence-electron chi connectivity index (χ4n) is 3.91. The molecule has 0 radical (unpaired) electrons. The highest BCUT2D eigenvalue weighted by molar-refractivity contribution is 7.16. The van der Waals surface area contributed by atoms with Crippen molar-refractivity contribution in [1.29, 1.82) is 5.26 Å². The summed E-state index contributed by atoms with van der Waals surface area (Å²) in [6.45, 7) is 0. The standard InChI is InChI=1S/C22H28N4O3S/c1-25-20(27)17(21(28)26(2)22(25)29)14-24-19-16(13-23)15-11-9-7-5-3-4-6-8-10-12-18(15)30-19/h14,27H,3-12H2,1-2H3. The third kappa shape index (κ3) is 4.57. The van der Waals surface area contributed by atoms with E-state index in [-0.39, 0.29) is 5.56 Å². The van der Waals surface area contributed by atoms with Crippen molar-refractivity contribution in [2.75, 3.05) is 0 Å². The maximum atomic E-state index is 12.4. The number of fused-ring (bicyclic) bond motifs is 1. The quantitative estimate of drug-likeness (QED) is 0.737. The second-order valence-corrected chi connectivity index (χ2v) is 8.91. The van der Waals surface area contributed by atoms with Crippen LogP contribution in [0.5, 0.6) is 5.88 Å². The predicted molar refractivity (Wildman–Crippen MR) is 119 cm³/mol. The van der Waals surface area contributed by atoms with Crippen molar-refractivity contribution < 1.29 is 5.11 Å². The Morgan fingerprint density at radius 2 is 1.60 bits per heavy atom. The molecule has 0 fully saturated rings. The molecule has 7 nitrogen and oxygen atoms in total.